The summed E-state index contributed by atoms with van der Waals surface area (Å²) >= 11 is 0. The molecule has 27 heavy (non-hydrogen) atoms. The number of carbonyl (C=O) groups is 3. The number of amides is 3. The van der Waals surface area contributed by atoms with Gasteiger partial charge in [0.1, 0.15) is 5.82 Å². The highest BCUT2D eigenvalue weighted by molar-refractivity contribution is 6.35. The zero-order chi connectivity index (χ0) is 19.8. The average molecular weight is 378 g/mol. The molecule has 0 atom stereocenters. The minimum Gasteiger partial charge on any atom is -0.348 e. The van der Waals surface area contributed by atoms with E-state index in [4.69, 9.17) is 0 Å². The van der Waals surface area contributed by atoms with Crippen LogP contribution < -0.4 is 10.6 Å². The Bertz CT molecular complexity index is 673. The largest absolute Gasteiger partial charge is 0.348 e. The van der Waals surface area contributed by atoms with Gasteiger partial charge in [0.15, 0.2) is 0 Å². The summed E-state index contributed by atoms with van der Waals surface area (Å²) in [4.78, 5) is 39.4. The SMILES string of the molecule is CN(C)CCNC(=O)C(=O)NCC1CCN(C(=O)c2ccccc2F)CC1. The van der Waals surface area contributed by atoms with Crippen molar-refractivity contribution >= 4 is 17.7 Å². The molecule has 0 aliphatic carbocycles. The molecular formula is C19H27FN4O3. The van der Waals surface area contributed by atoms with Crippen LogP contribution in [0, 0.1) is 11.7 Å². The number of likely N-dealkylation sites (tertiary alicyclic amines) is 1. The van der Waals surface area contributed by atoms with Crippen LogP contribution in [0.25, 0.3) is 0 Å². The molecular weight excluding hydrogens is 351 g/mol. The fourth-order valence-electron chi connectivity index (χ4n) is 2.94. The molecule has 1 aliphatic rings. The van der Waals surface area contributed by atoms with Crippen molar-refractivity contribution in [1.29, 1.82) is 0 Å². The molecule has 7 nitrogen and oxygen atoms in total. The van der Waals surface area contributed by atoms with Crippen LogP contribution in [-0.2, 0) is 9.59 Å². The van der Waals surface area contributed by atoms with E-state index in [9.17, 15) is 18.8 Å². The number of likely N-dealkylation sites (N-methyl/N-ethyl adjacent to an activating group) is 1. The van der Waals surface area contributed by atoms with Gasteiger partial charge in [-0.15, -0.1) is 0 Å². The lowest BCUT2D eigenvalue weighted by Crippen LogP contribution is -2.45. The predicted octanol–water partition coefficient (Wildman–Crippen LogP) is 0.472. The summed E-state index contributed by atoms with van der Waals surface area (Å²) in [5.74, 6) is -1.91. The average Bonchev–Trinajstić information content (AvgIpc) is 2.66. The van der Waals surface area contributed by atoms with Crippen molar-refractivity contribution in [2.24, 2.45) is 5.92 Å². The summed E-state index contributed by atoms with van der Waals surface area (Å²) in [6.07, 6.45) is 1.39. The second-order valence-corrected chi connectivity index (χ2v) is 6.98. The van der Waals surface area contributed by atoms with Crippen LogP contribution >= 0.6 is 0 Å². The molecule has 0 saturated carbocycles. The van der Waals surface area contributed by atoms with Crippen molar-refractivity contribution in [3.8, 4) is 0 Å². The molecule has 0 spiro atoms. The van der Waals surface area contributed by atoms with Gasteiger partial charge in [0, 0.05) is 32.7 Å². The van der Waals surface area contributed by atoms with Gasteiger partial charge in [-0.05, 0) is 45.0 Å². The van der Waals surface area contributed by atoms with Crippen molar-refractivity contribution in [2.45, 2.75) is 12.8 Å². The molecule has 1 saturated heterocycles. The number of nitrogens with zero attached hydrogens (tertiary/aromatic N) is 2. The number of halogens is 1. The Morgan fingerprint density at radius 2 is 1.74 bits per heavy atom. The number of carbonyl (C=O) groups excluding carboxylic acids is 3. The zero-order valence-electron chi connectivity index (χ0n) is 15.8. The predicted molar refractivity (Wildman–Crippen MR) is 99.6 cm³/mol. The number of nitrogens with one attached hydrogen (secondary N) is 2. The van der Waals surface area contributed by atoms with Gasteiger partial charge >= 0.3 is 11.8 Å². The third-order valence-corrected chi connectivity index (χ3v) is 4.61. The van der Waals surface area contributed by atoms with E-state index in [1.807, 2.05) is 19.0 Å². The summed E-state index contributed by atoms with van der Waals surface area (Å²) in [5.41, 5.74) is 0.0821. The molecule has 2 N–H and O–H groups in total. The smallest absolute Gasteiger partial charge is 0.309 e. The minimum atomic E-state index is -0.640. The number of benzene rings is 1. The third-order valence-electron chi connectivity index (χ3n) is 4.61. The number of piperidine rings is 1. The highest BCUT2D eigenvalue weighted by Crippen LogP contribution is 2.19. The van der Waals surface area contributed by atoms with Gasteiger partial charge in [-0.3, -0.25) is 14.4 Å². The van der Waals surface area contributed by atoms with Gasteiger partial charge in [-0.25, -0.2) is 4.39 Å². The molecule has 1 heterocycles. The van der Waals surface area contributed by atoms with Crippen molar-refractivity contribution in [3.05, 3.63) is 35.6 Å². The van der Waals surface area contributed by atoms with Crippen LogP contribution in [0.1, 0.15) is 23.2 Å². The van der Waals surface area contributed by atoms with Gasteiger partial charge in [0.25, 0.3) is 5.91 Å². The van der Waals surface area contributed by atoms with Crippen LogP contribution in [0.2, 0.25) is 0 Å². The number of rotatable bonds is 6. The van der Waals surface area contributed by atoms with Crippen LogP contribution in [0.3, 0.4) is 0 Å². The molecule has 148 valence electrons. The van der Waals surface area contributed by atoms with Crippen molar-refractivity contribution in [2.75, 3.05) is 46.8 Å². The standard InChI is InChI=1S/C19H27FN4O3/c1-23(2)12-9-21-17(25)18(26)22-13-14-7-10-24(11-8-14)19(27)15-5-3-4-6-16(15)20/h3-6,14H,7-13H2,1-2H3,(H,21,25)(H,22,26). The van der Waals surface area contributed by atoms with E-state index in [2.05, 4.69) is 10.6 Å². The molecule has 0 aromatic heterocycles. The molecule has 1 aromatic carbocycles. The molecule has 1 aliphatic heterocycles. The first-order valence-corrected chi connectivity index (χ1v) is 9.13. The quantitative estimate of drug-likeness (QED) is 0.705. The van der Waals surface area contributed by atoms with Crippen LogP contribution in [0.5, 0.6) is 0 Å². The summed E-state index contributed by atoms with van der Waals surface area (Å²) < 4.78 is 13.8. The maximum Gasteiger partial charge on any atom is 0.309 e. The van der Waals surface area contributed by atoms with E-state index < -0.39 is 17.6 Å². The lowest BCUT2D eigenvalue weighted by atomic mass is 9.96. The Kier molecular flexibility index (Phi) is 7.72. The minimum absolute atomic E-state index is 0.0821. The summed E-state index contributed by atoms with van der Waals surface area (Å²) in [6, 6.07) is 5.96. The zero-order valence-corrected chi connectivity index (χ0v) is 15.8. The second kappa shape index (κ2) is 10.0. The van der Waals surface area contributed by atoms with E-state index in [1.54, 1.807) is 17.0 Å². The molecule has 3 amide bonds. The lowest BCUT2D eigenvalue weighted by Gasteiger charge is -2.32. The molecule has 0 bridgehead atoms. The van der Waals surface area contributed by atoms with Crippen LogP contribution in [-0.4, -0.2) is 74.3 Å². The number of hydrogen-bond donors (Lipinski definition) is 2. The molecule has 2 rings (SSSR count). The van der Waals surface area contributed by atoms with Gasteiger partial charge in [0.2, 0.25) is 0 Å². The van der Waals surface area contributed by atoms with Gasteiger partial charge in [-0.2, -0.15) is 0 Å². The maximum atomic E-state index is 13.8. The first kappa shape index (κ1) is 20.8. The van der Waals surface area contributed by atoms with Gasteiger partial charge in [-0.1, -0.05) is 12.1 Å². The summed E-state index contributed by atoms with van der Waals surface area (Å²) in [6.45, 7) is 2.47. The number of hydrogen-bond acceptors (Lipinski definition) is 4. The topological polar surface area (TPSA) is 81.8 Å². The van der Waals surface area contributed by atoms with Gasteiger partial charge < -0.3 is 20.4 Å². The fraction of sp³-hybridized carbons (Fsp3) is 0.526. The van der Waals surface area contributed by atoms with E-state index in [-0.39, 0.29) is 17.4 Å². The van der Waals surface area contributed by atoms with E-state index >= 15 is 0 Å². The first-order valence-electron chi connectivity index (χ1n) is 9.13. The normalized spacial score (nSPS) is 14.9. The molecule has 1 aromatic rings. The fourth-order valence-corrected chi connectivity index (χ4v) is 2.94. The summed E-state index contributed by atoms with van der Waals surface area (Å²) in [7, 11) is 3.77. The highest BCUT2D eigenvalue weighted by Gasteiger charge is 2.25. The van der Waals surface area contributed by atoms with Crippen molar-refractivity contribution < 1.29 is 18.8 Å². The first-order chi connectivity index (χ1) is 12.9. The second-order valence-electron chi connectivity index (χ2n) is 6.98. The Morgan fingerprint density at radius 3 is 2.37 bits per heavy atom. The Balaban J connectivity index is 1.71. The Hall–Kier alpha value is -2.48. The Labute approximate surface area is 158 Å². The third kappa shape index (κ3) is 6.32. The molecule has 8 heteroatoms. The molecule has 1 fully saturated rings. The monoisotopic (exact) mass is 378 g/mol. The van der Waals surface area contributed by atoms with Crippen molar-refractivity contribution in [1.82, 2.24) is 20.4 Å². The van der Waals surface area contributed by atoms with E-state index in [1.165, 1.54) is 12.1 Å². The maximum absolute atomic E-state index is 13.8. The van der Waals surface area contributed by atoms with Crippen LogP contribution in [0.4, 0.5) is 4.39 Å². The van der Waals surface area contributed by atoms with Crippen molar-refractivity contribution in [3.63, 3.8) is 0 Å². The summed E-state index contributed by atoms with van der Waals surface area (Å²) in [5, 5.41) is 5.21. The van der Waals surface area contributed by atoms with Crippen LogP contribution in [0.15, 0.2) is 24.3 Å². The van der Waals surface area contributed by atoms with Gasteiger partial charge in [0.05, 0.1) is 5.56 Å². The highest BCUT2D eigenvalue weighted by atomic mass is 19.1. The molecule has 0 unspecified atom stereocenters. The van der Waals surface area contributed by atoms with E-state index in [0.29, 0.717) is 45.6 Å². The Morgan fingerprint density at radius 1 is 1.11 bits per heavy atom. The lowest BCUT2D eigenvalue weighted by molar-refractivity contribution is -0.139. The van der Waals surface area contributed by atoms with E-state index in [0.717, 1.165) is 0 Å². The molecule has 0 radical (unpaired) electrons.